The van der Waals surface area contributed by atoms with Gasteiger partial charge in [-0.05, 0) is 33.6 Å². The van der Waals surface area contributed by atoms with E-state index in [2.05, 4.69) is 15.9 Å². The van der Waals surface area contributed by atoms with Crippen molar-refractivity contribution in [3.05, 3.63) is 28.2 Å². The predicted molar refractivity (Wildman–Crippen MR) is 69.8 cm³/mol. The lowest BCUT2D eigenvalue weighted by Crippen LogP contribution is -2.45. The van der Waals surface area contributed by atoms with E-state index in [1.54, 1.807) is 0 Å². The van der Waals surface area contributed by atoms with E-state index in [1.165, 1.54) is 18.2 Å². The fourth-order valence-corrected chi connectivity index (χ4v) is 3.35. The molecular weight excluding hydrogens is 340 g/mol. The van der Waals surface area contributed by atoms with Gasteiger partial charge >= 0.3 is 5.97 Å². The number of halogens is 1. The molecule has 2 N–H and O–H groups in total. The van der Waals surface area contributed by atoms with Gasteiger partial charge in [0.2, 0.25) is 0 Å². The molecule has 0 aromatic heterocycles. The van der Waals surface area contributed by atoms with Gasteiger partial charge in [-0.2, -0.15) is 0 Å². The second kappa shape index (κ2) is 5.10. The Bertz CT molecular complexity index is 600. The summed E-state index contributed by atoms with van der Waals surface area (Å²) in [5, 5.41) is 18.1. The van der Waals surface area contributed by atoms with Crippen molar-refractivity contribution in [2.45, 2.75) is 12.2 Å². The Morgan fingerprint density at radius 1 is 1.42 bits per heavy atom. The largest absolute Gasteiger partial charge is 0.487 e. The number of hydrogen-bond acceptors (Lipinski definition) is 5. The summed E-state index contributed by atoms with van der Waals surface area (Å²) in [5.41, 5.74) is 0.216. The van der Waals surface area contributed by atoms with Crippen LogP contribution in [-0.2, 0) is 14.6 Å². The van der Waals surface area contributed by atoms with Crippen LogP contribution in [0, 0.1) is 0 Å². The Morgan fingerprint density at radius 3 is 2.53 bits per heavy atom. The van der Waals surface area contributed by atoms with Crippen LogP contribution in [0.15, 0.2) is 22.7 Å². The molecule has 2 rings (SSSR count). The van der Waals surface area contributed by atoms with Crippen LogP contribution < -0.4 is 4.74 Å². The summed E-state index contributed by atoms with van der Waals surface area (Å²) in [6.07, 6.45) is -1.98. The van der Waals surface area contributed by atoms with Crippen molar-refractivity contribution >= 4 is 31.7 Å². The summed E-state index contributed by atoms with van der Waals surface area (Å²) in [4.78, 5) is 10.6. The van der Waals surface area contributed by atoms with Crippen molar-refractivity contribution in [3.63, 3.8) is 0 Å². The third-order valence-electron chi connectivity index (χ3n) is 2.68. The first-order valence-corrected chi connectivity index (χ1v) is 7.97. The first-order valence-electron chi connectivity index (χ1n) is 5.36. The fourth-order valence-electron chi connectivity index (χ4n) is 1.69. The van der Waals surface area contributed by atoms with Crippen molar-refractivity contribution in [2.24, 2.45) is 0 Å². The monoisotopic (exact) mass is 350 g/mol. The second-order valence-corrected chi connectivity index (χ2v) is 7.26. The standard InChI is InChI=1S/C11H11BrO6S/c12-8-3-6(10(13)11(14)15)1-2-9(8)18-7-4-19(16,17)5-7/h1-3,7,10,13H,4-5H2,(H,14,15). The minimum absolute atomic E-state index is 0.0149. The van der Waals surface area contributed by atoms with Crippen LogP contribution in [0.5, 0.6) is 5.75 Å². The first kappa shape index (κ1) is 14.3. The molecule has 1 unspecified atom stereocenters. The molecule has 1 aromatic carbocycles. The number of carboxylic acids is 1. The molecule has 1 aliphatic rings. The molecule has 6 nitrogen and oxygen atoms in total. The number of hydrogen-bond donors (Lipinski definition) is 2. The van der Waals surface area contributed by atoms with Gasteiger partial charge in [-0.3, -0.25) is 0 Å². The highest BCUT2D eigenvalue weighted by molar-refractivity contribution is 9.10. The maximum absolute atomic E-state index is 11.0. The summed E-state index contributed by atoms with van der Waals surface area (Å²) < 4.78 is 27.9. The molecule has 19 heavy (non-hydrogen) atoms. The minimum atomic E-state index is -2.95. The maximum atomic E-state index is 11.0. The average molecular weight is 351 g/mol. The fraction of sp³-hybridized carbons (Fsp3) is 0.364. The van der Waals surface area contributed by atoms with Gasteiger partial charge in [0.25, 0.3) is 0 Å². The van der Waals surface area contributed by atoms with Gasteiger partial charge in [-0.25, -0.2) is 13.2 Å². The number of carbonyl (C=O) groups is 1. The van der Waals surface area contributed by atoms with Crippen LogP contribution in [0.1, 0.15) is 11.7 Å². The van der Waals surface area contributed by atoms with Crippen molar-refractivity contribution in [2.75, 3.05) is 11.5 Å². The molecule has 1 aliphatic heterocycles. The van der Waals surface area contributed by atoms with Gasteiger partial charge in [0.15, 0.2) is 15.9 Å². The van der Waals surface area contributed by atoms with Gasteiger partial charge in [-0.15, -0.1) is 0 Å². The Kier molecular flexibility index (Phi) is 3.84. The number of aliphatic hydroxyl groups excluding tert-OH is 1. The molecule has 8 heteroatoms. The van der Waals surface area contributed by atoms with Crippen LogP contribution in [0.2, 0.25) is 0 Å². The number of aliphatic hydroxyl groups is 1. The van der Waals surface area contributed by atoms with Crippen LogP contribution >= 0.6 is 15.9 Å². The van der Waals surface area contributed by atoms with Gasteiger partial charge in [0.05, 0.1) is 16.0 Å². The molecule has 0 spiro atoms. The van der Waals surface area contributed by atoms with E-state index >= 15 is 0 Å². The molecule has 1 saturated heterocycles. The van der Waals surface area contributed by atoms with Gasteiger partial charge in [0, 0.05) is 0 Å². The SMILES string of the molecule is O=C(O)C(O)c1ccc(OC2CS(=O)(=O)C2)c(Br)c1. The summed E-state index contributed by atoms with van der Waals surface area (Å²) in [6.45, 7) is 0. The van der Waals surface area contributed by atoms with Crippen LogP contribution in [0.25, 0.3) is 0 Å². The second-order valence-electron chi connectivity index (χ2n) is 4.25. The highest BCUT2D eigenvalue weighted by Crippen LogP contribution is 2.30. The minimum Gasteiger partial charge on any atom is -0.487 e. The molecule has 0 aliphatic carbocycles. The van der Waals surface area contributed by atoms with Crippen molar-refractivity contribution in [1.29, 1.82) is 0 Å². The number of carboxylic acid groups (broad SMARTS) is 1. The molecule has 1 atom stereocenters. The molecule has 1 heterocycles. The average Bonchev–Trinajstić information content (AvgIpc) is 2.28. The quantitative estimate of drug-likeness (QED) is 0.830. The Morgan fingerprint density at radius 2 is 2.05 bits per heavy atom. The Balaban J connectivity index is 2.10. The van der Waals surface area contributed by atoms with E-state index in [-0.39, 0.29) is 23.2 Å². The molecule has 104 valence electrons. The highest BCUT2D eigenvalue weighted by atomic mass is 79.9. The lowest BCUT2D eigenvalue weighted by atomic mass is 10.1. The Hall–Kier alpha value is -1.12. The predicted octanol–water partition coefficient (Wildman–Crippen LogP) is 0.743. The first-order chi connectivity index (χ1) is 8.78. The van der Waals surface area contributed by atoms with Crippen molar-refractivity contribution in [3.8, 4) is 5.75 Å². The molecular formula is C11H11BrO6S. The van der Waals surface area contributed by atoms with E-state index < -0.39 is 21.9 Å². The summed E-state index contributed by atoms with van der Waals surface area (Å²) >= 11 is 3.20. The lowest BCUT2D eigenvalue weighted by Gasteiger charge is -2.27. The topological polar surface area (TPSA) is 101 Å². The molecule has 0 amide bonds. The summed E-state index contributed by atoms with van der Waals surface area (Å²) in [5.74, 6) is -0.954. The number of aliphatic carboxylic acids is 1. The molecule has 0 radical (unpaired) electrons. The number of sulfone groups is 1. The molecule has 0 bridgehead atoms. The molecule has 1 fully saturated rings. The maximum Gasteiger partial charge on any atom is 0.337 e. The molecule has 0 saturated carbocycles. The van der Waals surface area contributed by atoms with Gasteiger partial charge in [-0.1, -0.05) is 6.07 Å². The van der Waals surface area contributed by atoms with Crippen molar-refractivity contribution < 1.29 is 28.2 Å². The normalized spacial score (nSPS) is 19.5. The zero-order valence-electron chi connectivity index (χ0n) is 9.61. The lowest BCUT2D eigenvalue weighted by molar-refractivity contribution is -0.146. The number of rotatable bonds is 4. The van der Waals surface area contributed by atoms with Crippen LogP contribution in [0.3, 0.4) is 0 Å². The molecule has 1 aromatic rings. The number of ether oxygens (including phenoxy) is 1. The van der Waals surface area contributed by atoms with Crippen LogP contribution in [-0.4, -0.2) is 42.2 Å². The third kappa shape index (κ3) is 3.26. The van der Waals surface area contributed by atoms with Crippen molar-refractivity contribution in [1.82, 2.24) is 0 Å². The smallest absolute Gasteiger partial charge is 0.337 e. The van der Waals surface area contributed by atoms with E-state index in [0.29, 0.717) is 10.2 Å². The third-order valence-corrected chi connectivity index (χ3v) is 5.06. The van der Waals surface area contributed by atoms with E-state index in [9.17, 15) is 18.3 Å². The number of benzene rings is 1. The zero-order chi connectivity index (χ0) is 14.2. The highest BCUT2D eigenvalue weighted by Gasteiger charge is 2.35. The summed E-state index contributed by atoms with van der Waals surface area (Å²) in [6, 6.07) is 4.35. The van der Waals surface area contributed by atoms with E-state index in [1.807, 2.05) is 0 Å². The van der Waals surface area contributed by atoms with Gasteiger partial charge in [0.1, 0.15) is 11.9 Å². The van der Waals surface area contributed by atoms with E-state index in [0.717, 1.165) is 0 Å². The van der Waals surface area contributed by atoms with Gasteiger partial charge < -0.3 is 14.9 Å². The van der Waals surface area contributed by atoms with Crippen LogP contribution in [0.4, 0.5) is 0 Å². The van der Waals surface area contributed by atoms with E-state index in [4.69, 9.17) is 9.84 Å². The Labute approximate surface area is 118 Å². The summed E-state index contributed by atoms with van der Waals surface area (Å²) in [7, 11) is -2.95. The zero-order valence-corrected chi connectivity index (χ0v) is 12.0.